The second-order valence-corrected chi connectivity index (χ2v) is 7.33. The molecule has 0 unspecified atom stereocenters. The molecule has 3 rings (SSSR count). The number of halogens is 1. The van der Waals surface area contributed by atoms with Crippen LogP contribution in [-0.2, 0) is 11.3 Å². The average molecular weight is 444 g/mol. The molecule has 3 N–H and O–H groups in total. The molecule has 3 aromatic rings. The summed E-state index contributed by atoms with van der Waals surface area (Å²) in [6.45, 7) is 4.77. The summed E-state index contributed by atoms with van der Waals surface area (Å²) in [5.74, 6) is 0.615. The van der Waals surface area contributed by atoms with Crippen molar-refractivity contribution < 1.29 is 9.59 Å². The van der Waals surface area contributed by atoms with Gasteiger partial charge in [0.2, 0.25) is 5.91 Å². The van der Waals surface area contributed by atoms with Crippen LogP contribution in [0, 0.1) is 13.8 Å². The normalized spacial score (nSPS) is 10.7. The fraction of sp³-hybridized carbons (Fsp3) is 0.250. The monoisotopic (exact) mass is 443 g/mol. The number of urea groups is 1. The van der Waals surface area contributed by atoms with E-state index >= 15 is 0 Å². The van der Waals surface area contributed by atoms with E-state index in [0.29, 0.717) is 13.1 Å². The number of rotatable bonds is 6. The Morgan fingerprint density at radius 2 is 1.89 bits per heavy atom. The fourth-order valence-electron chi connectivity index (χ4n) is 2.94. The maximum Gasteiger partial charge on any atom is 0.315 e. The first kappa shape index (κ1) is 19.9. The van der Waals surface area contributed by atoms with Crippen LogP contribution in [0.2, 0.25) is 0 Å². The third kappa shape index (κ3) is 4.89. The maximum atomic E-state index is 12.0. The molecule has 0 radical (unpaired) electrons. The molecule has 1 heterocycles. The highest BCUT2D eigenvalue weighted by Crippen LogP contribution is 2.19. The Hall–Kier alpha value is -2.87. The Bertz CT molecular complexity index is 1010. The largest absolute Gasteiger partial charge is 0.336 e. The molecule has 8 heteroatoms. The van der Waals surface area contributed by atoms with Gasteiger partial charge in [-0.3, -0.25) is 4.79 Å². The minimum atomic E-state index is -0.384. The molecule has 0 aliphatic heterocycles. The highest BCUT2D eigenvalue weighted by atomic mass is 79.9. The molecule has 1 aromatic heterocycles. The minimum absolute atomic E-state index is 0.103. The van der Waals surface area contributed by atoms with Gasteiger partial charge < -0.3 is 20.5 Å². The van der Waals surface area contributed by atoms with Crippen LogP contribution in [0.15, 0.2) is 46.9 Å². The van der Waals surface area contributed by atoms with Crippen molar-refractivity contribution in [2.24, 2.45) is 0 Å². The SMILES string of the molecule is Cc1cc(Br)ccc1NC(=O)CNC(=O)NCCn1c(C)nc2ccccc21. The van der Waals surface area contributed by atoms with Gasteiger partial charge in [-0.15, -0.1) is 0 Å². The highest BCUT2D eigenvalue weighted by molar-refractivity contribution is 9.10. The predicted molar refractivity (Wildman–Crippen MR) is 113 cm³/mol. The van der Waals surface area contributed by atoms with E-state index in [4.69, 9.17) is 0 Å². The summed E-state index contributed by atoms with van der Waals surface area (Å²) in [5, 5.41) is 8.12. The number of carbonyl (C=O) groups is 2. The van der Waals surface area contributed by atoms with Crippen molar-refractivity contribution in [2.45, 2.75) is 20.4 Å². The van der Waals surface area contributed by atoms with Gasteiger partial charge in [0.05, 0.1) is 17.6 Å². The van der Waals surface area contributed by atoms with Crippen LogP contribution in [-0.4, -0.2) is 34.6 Å². The van der Waals surface area contributed by atoms with E-state index in [1.165, 1.54) is 0 Å². The molecule has 0 aliphatic rings. The molecule has 0 fully saturated rings. The van der Waals surface area contributed by atoms with E-state index in [1.807, 2.05) is 56.3 Å². The fourth-order valence-corrected chi connectivity index (χ4v) is 3.42. The van der Waals surface area contributed by atoms with Crippen molar-refractivity contribution in [1.82, 2.24) is 20.2 Å². The van der Waals surface area contributed by atoms with E-state index in [2.05, 4.69) is 41.4 Å². The number of amides is 3. The molecule has 0 saturated heterocycles. The number of fused-ring (bicyclic) bond motifs is 1. The van der Waals surface area contributed by atoms with Crippen LogP contribution in [0.4, 0.5) is 10.5 Å². The Kier molecular flexibility index (Phi) is 6.30. The molecular weight excluding hydrogens is 422 g/mol. The Balaban J connectivity index is 1.44. The van der Waals surface area contributed by atoms with E-state index in [-0.39, 0.29) is 18.5 Å². The maximum absolute atomic E-state index is 12.0. The first-order valence-electron chi connectivity index (χ1n) is 8.93. The number of benzene rings is 2. The van der Waals surface area contributed by atoms with Gasteiger partial charge in [0.15, 0.2) is 0 Å². The summed E-state index contributed by atoms with van der Waals surface area (Å²) in [6, 6.07) is 13.1. The first-order chi connectivity index (χ1) is 13.4. The summed E-state index contributed by atoms with van der Waals surface area (Å²) in [7, 11) is 0. The lowest BCUT2D eigenvalue weighted by Crippen LogP contribution is -2.41. The number of hydrogen-bond acceptors (Lipinski definition) is 3. The molecule has 0 aliphatic carbocycles. The van der Waals surface area contributed by atoms with Crippen LogP contribution >= 0.6 is 15.9 Å². The van der Waals surface area contributed by atoms with Crippen LogP contribution in [0.5, 0.6) is 0 Å². The van der Waals surface area contributed by atoms with Gasteiger partial charge in [-0.2, -0.15) is 0 Å². The van der Waals surface area contributed by atoms with E-state index < -0.39 is 0 Å². The van der Waals surface area contributed by atoms with Crippen molar-refractivity contribution in [1.29, 1.82) is 0 Å². The number of nitrogens with one attached hydrogen (secondary N) is 3. The summed E-state index contributed by atoms with van der Waals surface area (Å²) >= 11 is 3.38. The molecule has 0 saturated carbocycles. The summed E-state index contributed by atoms with van der Waals surface area (Å²) in [6.07, 6.45) is 0. The second-order valence-electron chi connectivity index (χ2n) is 6.42. The molecule has 146 valence electrons. The smallest absolute Gasteiger partial charge is 0.315 e. The van der Waals surface area contributed by atoms with Crippen molar-refractivity contribution in [3.63, 3.8) is 0 Å². The zero-order valence-corrected chi connectivity index (χ0v) is 17.3. The van der Waals surface area contributed by atoms with Crippen molar-refractivity contribution in [2.75, 3.05) is 18.4 Å². The number of aromatic nitrogens is 2. The highest BCUT2D eigenvalue weighted by Gasteiger charge is 2.09. The minimum Gasteiger partial charge on any atom is -0.336 e. The van der Waals surface area contributed by atoms with Crippen LogP contribution in [0.3, 0.4) is 0 Å². The number of anilines is 1. The lowest BCUT2D eigenvalue weighted by molar-refractivity contribution is -0.115. The quantitative estimate of drug-likeness (QED) is 0.545. The number of aryl methyl sites for hydroxylation is 2. The number of nitrogens with zero attached hydrogens (tertiary/aromatic N) is 2. The van der Waals surface area contributed by atoms with Gasteiger partial charge in [0, 0.05) is 23.2 Å². The summed E-state index contributed by atoms with van der Waals surface area (Å²) < 4.78 is 3.00. The van der Waals surface area contributed by atoms with Crippen molar-refractivity contribution in [3.05, 3.63) is 58.3 Å². The second kappa shape index (κ2) is 8.88. The molecular formula is C20H22BrN5O2. The van der Waals surface area contributed by atoms with Gasteiger partial charge in [-0.25, -0.2) is 9.78 Å². The number of imidazole rings is 1. The topological polar surface area (TPSA) is 88.0 Å². The zero-order valence-electron chi connectivity index (χ0n) is 15.8. The van der Waals surface area contributed by atoms with Crippen LogP contribution in [0.25, 0.3) is 11.0 Å². The standard InChI is InChI=1S/C20H22BrN5O2/c1-13-11-15(21)7-8-16(13)25-19(27)12-23-20(28)22-9-10-26-14(2)24-17-5-3-4-6-18(17)26/h3-8,11H,9-10,12H2,1-2H3,(H,25,27)(H2,22,23,28). The molecule has 0 atom stereocenters. The third-order valence-electron chi connectivity index (χ3n) is 4.34. The Morgan fingerprint density at radius 1 is 1.11 bits per heavy atom. The molecule has 0 bridgehead atoms. The van der Waals surface area contributed by atoms with Crippen LogP contribution < -0.4 is 16.0 Å². The zero-order chi connectivity index (χ0) is 20.1. The van der Waals surface area contributed by atoms with E-state index in [1.54, 1.807) is 0 Å². The van der Waals surface area contributed by atoms with Crippen LogP contribution in [0.1, 0.15) is 11.4 Å². The predicted octanol–water partition coefficient (Wildman–Crippen LogP) is 3.35. The van der Waals surface area contributed by atoms with Crippen molar-refractivity contribution in [3.8, 4) is 0 Å². The summed E-state index contributed by atoms with van der Waals surface area (Å²) in [5.41, 5.74) is 3.63. The summed E-state index contributed by atoms with van der Waals surface area (Å²) in [4.78, 5) is 28.5. The Morgan fingerprint density at radius 3 is 2.68 bits per heavy atom. The lowest BCUT2D eigenvalue weighted by atomic mass is 10.2. The Labute approximate surface area is 171 Å². The first-order valence-corrected chi connectivity index (χ1v) is 9.73. The third-order valence-corrected chi connectivity index (χ3v) is 4.83. The van der Waals surface area contributed by atoms with E-state index in [9.17, 15) is 9.59 Å². The van der Waals surface area contributed by atoms with Gasteiger partial charge in [-0.1, -0.05) is 28.1 Å². The molecule has 0 spiro atoms. The van der Waals surface area contributed by atoms with Gasteiger partial charge >= 0.3 is 6.03 Å². The molecule has 3 amide bonds. The number of hydrogen-bond donors (Lipinski definition) is 3. The van der Waals surface area contributed by atoms with E-state index in [0.717, 1.165) is 32.6 Å². The molecule has 7 nitrogen and oxygen atoms in total. The number of para-hydroxylation sites is 2. The van der Waals surface area contributed by atoms with Crippen molar-refractivity contribution >= 4 is 44.6 Å². The number of carbonyl (C=O) groups excluding carboxylic acids is 2. The molecule has 2 aromatic carbocycles. The lowest BCUT2D eigenvalue weighted by Gasteiger charge is -2.11. The van der Waals surface area contributed by atoms with Gasteiger partial charge in [-0.05, 0) is 49.7 Å². The molecule has 28 heavy (non-hydrogen) atoms. The van der Waals surface area contributed by atoms with Gasteiger partial charge in [0.25, 0.3) is 0 Å². The average Bonchev–Trinajstić information content (AvgIpc) is 2.98. The van der Waals surface area contributed by atoms with Gasteiger partial charge in [0.1, 0.15) is 5.82 Å².